The molecule has 0 aromatic heterocycles. The Hall–Kier alpha value is 0.0700. The summed E-state index contributed by atoms with van der Waals surface area (Å²) in [5, 5.41) is 9.32. The molecular weight excluding hydrogens is 236 g/mol. The van der Waals surface area contributed by atoms with E-state index in [1.54, 1.807) is 11.8 Å². The van der Waals surface area contributed by atoms with Crippen molar-refractivity contribution in [2.24, 2.45) is 5.92 Å². The summed E-state index contributed by atoms with van der Waals surface area (Å²) in [7, 11) is 0. The fourth-order valence-corrected chi connectivity index (χ4v) is 2.15. The third-order valence-corrected chi connectivity index (χ3v) is 3.68. The topological polar surface area (TPSA) is 46.5 Å². The third-order valence-electron chi connectivity index (χ3n) is 2.60. The van der Waals surface area contributed by atoms with Gasteiger partial charge >= 0.3 is 5.97 Å². The number of alkyl halides is 1. The molecule has 3 nitrogen and oxygen atoms in total. The van der Waals surface area contributed by atoms with E-state index in [9.17, 15) is 9.90 Å². The van der Waals surface area contributed by atoms with Crippen molar-refractivity contribution in [3.05, 3.63) is 0 Å². The summed E-state index contributed by atoms with van der Waals surface area (Å²) < 4.78 is 5.09. The number of aliphatic hydroxyl groups is 1. The second-order valence-corrected chi connectivity index (χ2v) is 5.30. The lowest BCUT2D eigenvalue weighted by atomic mass is 9.87. The largest absolute Gasteiger partial charge is 0.465 e. The molecule has 0 radical (unpaired) electrons. The number of aliphatic hydroxyl groups excluding tert-OH is 1. The van der Waals surface area contributed by atoms with E-state index < -0.39 is 6.10 Å². The van der Waals surface area contributed by atoms with Gasteiger partial charge in [-0.1, -0.05) is 0 Å². The van der Waals surface area contributed by atoms with Gasteiger partial charge in [0.2, 0.25) is 0 Å². The van der Waals surface area contributed by atoms with Crippen LogP contribution in [0.3, 0.4) is 0 Å². The van der Waals surface area contributed by atoms with Crippen LogP contribution in [0.4, 0.5) is 0 Å². The molecule has 1 aliphatic rings. The molecule has 0 aliphatic heterocycles. The highest BCUT2D eigenvalue weighted by molar-refractivity contribution is 7.98. The first-order valence-electron chi connectivity index (χ1n) is 5.13. The average molecular weight is 253 g/mol. The summed E-state index contributed by atoms with van der Waals surface area (Å²) in [5.74, 6) is 0.461. The van der Waals surface area contributed by atoms with Gasteiger partial charge in [0, 0.05) is 5.75 Å². The summed E-state index contributed by atoms with van der Waals surface area (Å²) in [6.45, 7) is 0.455. The smallest absolute Gasteiger partial charge is 0.309 e. The van der Waals surface area contributed by atoms with Crippen LogP contribution in [0.1, 0.15) is 19.3 Å². The van der Waals surface area contributed by atoms with Crippen LogP contribution in [0.2, 0.25) is 0 Å². The van der Waals surface area contributed by atoms with Gasteiger partial charge in [-0.3, -0.25) is 4.79 Å². The Kier molecular flexibility index (Phi) is 5.79. The predicted molar refractivity (Wildman–Crippen MR) is 62.3 cm³/mol. The van der Waals surface area contributed by atoms with Crippen molar-refractivity contribution in [2.45, 2.75) is 30.7 Å². The quantitative estimate of drug-likeness (QED) is 0.470. The second-order valence-electron chi connectivity index (χ2n) is 3.75. The van der Waals surface area contributed by atoms with Gasteiger partial charge in [0.05, 0.1) is 17.4 Å². The van der Waals surface area contributed by atoms with Crippen LogP contribution >= 0.6 is 23.4 Å². The zero-order valence-electron chi connectivity index (χ0n) is 8.82. The number of esters is 1. The molecule has 0 amide bonds. The van der Waals surface area contributed by atoms with Crippen LogP contribution in [-0.4, -0.2) is 41.2 Å². The van der Waals surface area contributed by atoms with Crippen molar-refractivity contribution in [3.63, 3.8) is 0 Å². The lowest BCUT2D eigenvalue weighted by molar-refractivity contribution is -0.150. The van der Waals surface area contributed by atoms with Crippen molar-refractivity contribution in [1.29, 1.82) is 0 Å². The van der Waals surface area contributed by atoms with E-state index in [-0.39, 0.29) is 17.3 Å². The number of thioether (sulfide) groups is 1. The molecule has 0 spiro atoms. The molecule has 0 bridgehead atoms. The summed E-state index contributed by atoms with van der Waals surface area (Å²) in [6, 6.07) is 0. The first-order valence-corrected chi connectivity index (χ1v) is 6.96. The lowest BCUT2D eigenvalue weighted by Crippen LogP contribution is -2.34. The van der Waals surface area contributed by atoms with Gasteiger partial charge < -0.3 is 9.84 Å². The number of carbonyl (C=O) groups is 1. The summed E-state index contributed by atoms with van der Waals surface area (Å²) in [6.07, 6.45) is 3.25. The van der Waals surface area contributed by atoms with Crippen molar-refractivity contribution in [1.82, 2.24) is 0 Å². The maximum Gasteiger partial charge on any atom is 0.309 e. The van der Waals surface area contributed by atoms with Crippen LogP contribution in [0.15, 0.2) is 0 Å². The molecule has 88 valence electrons. The van der Waals surface area contributed by atoms with Crippen molar-refractivity contribution < 1.29 is 14.6 Å². The molecule has 1 N–H and O–H groups in total. The van der Waals surface area contributed by atoms with E-state index in [1.807, 2.05) is 6.26 Å². The SMILES string of the molecule is CSCCOC(=O)C1CCC(Cl)C(O)C1. The van der Waals surface area contributed by atoms with Crippen LogP contribution in [0.5, 0.6) is 0 Å². The maximum atomic E-state index is 11.5. The van der Waals surface area contributed by atoms with Gasteiger partial charge in [0.15, 0.2) is 0 Å². The van der Waals surface area contributed by atoms with E-state index >= 15 is 0 Å². The zero-order valence-corrected chi connectivity index (χ0v) is 10.4. The minimum Gasteiger partial charge on any atom is -0.465 e. The Morgan fingerprint density at radius 2 is 2.33 bits per heavy atom. The Balaban J connectivity index is 2.28. The van der Waals surface area contributed by atoms with E-state index in [4.69, 9.17) is 16.3 Å². The van der Waals surface area contributed by atoms with E-state index in [0.717, 1.165) is 12.2 Å². The molecule has 15 heavy (non-hydrogen) atoms. The summed E-state index contributed by atoms with van der Waals surface area (Å²) >= 11 is 7.50. The first-order chi connectivity index (χ1) is 7.15. The number of hydrogen-bond acceptors (Lipinski definition) is 4. The molecule has 0 aromatic rings. The zero-order chi connectivity index (χ0) is 11.3. The van der Waals surface area contributed by atoms with E-state index in [0.29, 0.717) is 19.4 Å². The van der Waals surface area contributed by atoms with Crippen LogP contribution in [0, 0.1) is 5.92 Å². The number of rotatable bonds is 4. The predicted octanol–water partition coefficient (Wildman–Crippen LogP) is 1.66. The standard InChI is InChI=1S/C10H17ClO3S/c1-15-5-4-14-10(13)7-2-3-8(11)9(12)6-7/h7-9,12H,2-6H2,1H3. The maximum absolute atomic E-state index is 11.5. The Labute approximate surface area is 99.5 Å². The van der Waals surface area contributed by atoms with Gasteiger partial charge in [-0.05, 0) is 25.5 Å². The molecule has 3 unspecified atom stereocenters. The summed E-state index contributed by atoms with van der Waals surface area (Å²) in [5.41, 5.74) is 0. The highest BCUT2D eigenvalue weighted by atomic mass is 35.5. The van der Waals surface area contributed by atoms with Crippen molar-refractivity contribution in [3.8, 4) is 0 Å². The molecule has 5 heteroatoms. The minimum atomic E-state index is -0.571. The van der Waals surface area contributed by atoms with Crippen molar-refractivity contribution >= 4 is 29.3 Å². The number of ether oxygens (including phenoxy) is 1. The number of halogens is 1. The molecule has 1 aliphatic carbocycles. The Morgan fingerprint density at radius 1 is 1.60 bits per heavy atom. The molecular formula is C10H17ClO3S. The van der Waals surface area contributed by atoms with Crippen LogP contribution in [-0.2, 0) is 9.53 Å². The number of carbonyl (C=O) groups excluding carboxylic acids is 1. The van der Waals surface area contributed by atoms with Gasteiger partial charge in [-0.2, -0.15) is 11.8 Å². The normalized spacial score (nSPS) is 31.3. The van der Waals surface area contributed by atoms with Crippen molar-refractivity contribution in [2.75, 3.05) is 18.6 Å². The molecule has 0 saturated heterocycles. The molecule has 1 fully saturated rings. The monoisotopic (exact) mass is 252 g/mol. The fraction of sp³-hybridized carbons (Fsp3) is 0.900. The third kappa shape index (κ3) is 4.21. The van der Waals surface area contributed by atoms with Gasteiger partial charge in [-0.15, -0.1) is 11.6 Å². The highest BCUT2D eigenvalue weighted by Gasteiger charge is 2.32. The van der Waals surface area contributed by atoms with Gasteiger partial charge in [0.1, 0.15) is 6.61 Å². The van der Waals surface area contributed by atoms with E-state index in [1.165, 1.54) is 0 Å². The molecule has 3 atom stereocenters. The Morgan fingerprint density at radius 3 is 2.93 bits per heavy atom. The molecule has 1 saturated carbocycles. The molecule has 0 heterocycles. The highest BCUT2D eigenvalue weighted by Crippen LogP contribution is 2.28. The minimum absolute atomic E-state index is 0.170. The Bertz CT molecular complexity index is 213. The first kappa shape index (κ1) is 13.1. The lowest BCUT2D eigenvalue weighted by Gasteiger charge is -2.28. The molecule has 0 aromatic carbocycles. The fourth-order valence-electron chi connectivity index (χ4n) is 1.67. The van der Waals surface area contributed by atoms with Crippen LogP contribution in [0.25, 0.3) is 0 Å². The summed E-state index contributed by atoms with van der Waals surface area (Å²) in [4.78, 5) is 11.5. The second kappa shape index (κ2) is 6.61. The van der Waals surface area contributed by atoms with E-state index in [2.05, 4.69) is 0 Å². The molecule has 1 rings (SSSR count). The van der Waals surface area contributed by atoms with Gasteiger partial charge in [0.25, 0.3) is 0 Å². The number of hydrogen-bond donors (Lipinski definition) is 1. The average Bonchev–Trinajstić information content (AvgIpc) is 2.22. The van der Waals surface area contributed by atoms with Gasteiger partial charge in [-0.25, -0.2) is 0 Å². The van der Waals surface area contributed by atoms with Crippen LogP contribution < -0.4 is 0 Å².